The van der Waals surface area contributed by atoms with E-state index in [1.165, 1.54) is 18.6 Å². The van der Waals surface area contributed by atoms with Gasteiger partial charge in [0, 0.05) is 24.5 Å². The highest BCUT2D eigenvalue weighted by molar-refractivity contribution is 5.85. The second-order valence-electron chi connectivity index (χ2n) is 11.3. The van der Waals surface area contributed by atoms with E-state index in [2.05, 4.69) is 52.5 Å². The minimum atomic E-state index is -4.73. The van der Waals surface area contributed by atoms with Gasteiger partial charge in [0.25, 0.3) is 0 Å². The highest BCUT2D eigenvalue weighted by atomic mass is 19.4. The highest BCUT2D eigenvalue weighted by Gasteiger charge is 2.33. The first-order valence-electron chi connectivity index (χ1n) is 13.1. The number of imidazole rings is 1. The molecular weight excluding hydrogens is 505 g/mol. The Labute approximate surface area is 226 Å². The maximum atomic E-state index is 12.6. The predicted octanol–water partition coefficient (Wildman–Crippen LogP) is 8.21. The minimum Gasteiger partial charge on any atom is -0.481 e. The Morgan fingerprint density at radius 3 is 2.46 bits per heavy atom. The molecule has 1 N–H and O–H groups in total. The van der Waals surface area contributed by atoms with Gasteiger partial charge >= 0.3 is 6.36 Å². The number of alkyl halides is 3. The van der Waals surface area contributed by atoms with Crippen LogP contribution in [0, 0.1) is 17.3 Å². The molecule has 1 fully saturated rings. The molecule has 1 aliphatic rings. The first-order valence-corrected chi connectivity index (χ1v) is 13.1. The number of nitrogens with zero attached hydrogens (tertiary/aromatic N) is 3. The van der Waals surface area contributed by atoms with Gasteiger partial charge in [-0.05, 0) is 90.1 Å². The number of benzene rings is 2. The van der Waals surface area contributed by atoms with E-state index >= 15 is 0 Å². The summed E-state index contributed by atoms with van der Waals surface area (Å²) in [5.41, 5.74) is 4.67. The van der Waals surface area contributed by atoms with Crippen molar-refractivity contribution in [2.45, 2.75) is 52.9 Å². The normalized spacial score (nSPS) is 19.2. The molecule has 0 unspecified atom stereocenters. The van der Waals surface area contributed by atoms with Gasteiger partial charge < -0.3 is 19.4 Å². The number of halogens is 3. The molecule has 6 nitrogen and oxygen atoms in total. The Balaban J connectivity index is 1.50. The van der Waals surface area contributed by atoms with Crippen LogP contribution < -0.4 is 14.8 Å². The Bertz CT molecular complexity index is 1450. The molecule has 2 aromatic heterocycles. The number of anilines is 2. The number of pyridine rings is 1. The standard InChI is InChI=1S/C30H33F3N4O2/c1-19-13-20(17-29(2,3)16-19)18-37-26-10-5-21(22-11-12-34-27(15-22)38-4)14-25(26)36-28(37)35-23-6-8-24(9-7-23)39-30(31,32)33/h5-12,14-15,19-20H,13,16-18H2,1-4H3,(H,35,36)/t19-,20+/m0/s1. The molecule has 1 saturated carbocycles. The summed E-state index contributed by atoms with van der Waals surface area (Å²) in [7, 11) is 1.59. The van der Waals surface area contributed by atoms with Crippen molar-refractivity contribution < 1.29 is 22.6 Å². The number of aromatic nitrogens is 3. The van der Waals surface area contributed by atoms with Crippen LogP contribution in [0.3, 0.4) is 0 Å². The van der Waals surface area contributed by atoms with Crippen molar-refractivity contribution in [2.75, 3.05) is 12.4 Å². The molecule has 206 valence electrons. The fourth-order valence-electron chi connectivity index (χ4n) is 6.10. The van der Waals surface area contributed by atoms with E-state index in [1.54, 1.807) is 25.4 Å². The molecule has 9 heteroatoms. The molecule has 0 aliphatic heterocycles. The number of fused-ring (bicyclic) bond motifs is 1. The van der Waals surface area contributed by atoms with E-state index in [0.717, 1.165) is 41.5 Å². The van der Waals surface area contributed by atoms with Crippen LogP contribution in [0.5, 0.6) is 11.6 Å². The molecule has 4 aromatic rings. The largest absolute Gasteiger partial charge is 0.573 e. The number of hydrogen-bond donors (Lipinski definition) is 1. The molecule has 1 aliphatic carbocycles. The van der Waals surface area contributed by atoms with E-state index in [-0.39, 0.29) is 11.2 Å². The quantitative estimate of drug-likeness (QED) is 0.257. The SMILES string of the molecule is COc1cc(-c2ccc3c(c2)nc(Nc2ccc(OC(F)(F)F)cc2)n3C[C@@H]2C[C@H](C)CC(C)(C)C2)ccn1. The first kappa shape index (κ1) is 26.8. The van der Waals surface area contributed by atoms with Gasteiger partial charge in [0.15, 0.2) is 0 Å². The predicted molar refractivity (Wildman–Crippen MR) is 146 cm³/mol. The summed E-state index contributed by atoms with van der Waals surface area (Å²) in [6.07, 6.45) is 0.451. The van der Waals surface area contributed by atoms with Crippen molar-refractivity contribution in [3.63, 3.8) is 0 Å². The number of methoxy groups -OCH3 is 1. The van der Waals surface area contributed by atoms with Gasteiger partial charge in [0.05, 0.1) is 18.1 Å². The van der Waals surface area contributed by atoms with Gasteiger partial charge in [-0.15, -0.1) is 13.2 Å². The Kier molecular flexibility index (Phi) is 7.18. The van der Waals surface area contributed by atoms with Crippen LogP contribution in [0.25, 0.3) is 22.2 Å². The third-order valence-corrected chi connectivity index (χ3v) is 7.29. The summed E-state index contributed by atoms with van der Waals surface area (Å²) in [4.78, 5) is 9.13. The summed E-state index contributed by atoms with van der Waals surface area (Å²) in [5, 5.41) is 3.34. The van der Waals surface area contributed by atoms with Crippen LogP contribution >= 0.6 is 0 Å². The van der Waals surface area contributed by atoms with Gasteiger partial charge in [-0.25, -0.2) is 9.97 Å². The molecule has 0 spiro atoms. The topological polar surface area (TPSA) is 61.2 Å². The zero-order valence-corrected chi connectivity index (χ0v) is 22.5. The third-order valence-electron chi connectivity index (χ3n) is 7.29. The van der Waals surface area contributed by atoms with Gasteiger partial charge in [-0.2, -0.15) is 0 Å². The van der Waals surface area contributed by atoms with Crippen LogP contribution in [0.15, 0.2) is 60.8 Å². The minimum absolute atomic E-state index is 0.266. The van der Waals surface area contributed by atoms with Crippen LogP contribution in [0.1, 0.15) is 40.0 Å². The van der Waals surface area contributed by atoms with Crippen molar-refractivity contribution in [2.24, 2.45) is 17.3 Å². The molecule has 5 rings (SSSR count). The van der Waals surface area contributed by atoms with E-state index < -0.39 is 6.36 Å². The summed E-state index contributed by atoms with van der Waals surface area (Å²) < 4.78 is 49.3. The lowest BCUT2D eigenvalue weighted by Crippen LogP contribution is -2.30. The Hall–Kier alpha value is -3.75. The smallest absolute Gasteiger partial charge is 0.481 e. The second kappa shape index (κ2) is 10.4. The van der Waals surface area contributed by atoms with Crippen molar-refractivity contribution in [3.05, 3.63) is 60.8 Å². The van der Waals surface area contributed by atoms with Gasteiger partial charge in [-0.1, -0.05) is 26.8 Å². The lowest BCUT2D eigenvalue weighted by Gasteiger charge is -2.39. The molecule has 39 heavy (non-hydrogen) atoms. The lowest BCUT2D eigenvalue weighted by molar-refractivity contribution is -0.274. The molecule has 0 radical (unpaired) electrons. The Morgan fingerprint density at radius 1 is 1.03 bits per heavy atom. The molecule has 0 amide bonds. The van der Waals surface area contributed by atoms with Crippen LogP contribution in [0.4, 0.5) is 24.8 Å². The number of nitrogens with one attached hydrogen (secondary N) is 1. The molecule has 0 bridgehead atoms. The summed E-state index contributed by atoms with van der Waals surface area (Å²) in [6, 6.07) is 15.7. The lowest BCUT2D eigenvalue weighted by atomic mass is 9.68. The molecule has 0 saturated heterocycles. The highest BCUT2D eigenvalue weighted by Crippen LogP contribution is 2.43. The zero-order chi connectivity index (χ0) is 27.8. The molecule has 2 aromatic carbocycles. The van der Waals surface area contributed by atoms with E-state index in [4.69, 9.17) is 9.72 Å². The monoisotopic (exact) mass is 538 g/mol. The zero-order valence-electron chi connectivity index (χ0n) is 22.5. The number of rotatable bonds is 7. The maximum absolute atomic E-state index is 12.6. The third kappa shape index (κ3) is 6.46. The molecule has 2 atom stereocenters. The van der Waals surface area contributed by atoms with Crippen LogP contribution in [-0.2, 0) is 6.54 Å². The average Bonchev–Trinajstić information content (AvgIpc) is 3.19. The summed E-state index contributed by atoms with van der Waals surface area (Å²) in [6.45, 7) is 7.78. The Morgan fingerprint density at radius 2 is 1.77 bits per heavy atom. The van der Waals surface area contributed by atoms with Crippen LogP contribution in [0.2, 0.25) is 0 Å². The van der Waals surface area contributed by atoms with Crippen LogP contribution in [-0.4, -0.2) is 28.0 Å². The van der Waals surface area contributed by atoms with Gasteiger partial charge in [-0.3, -0.25) is 0 Å². The second-order valence-corrected chi connectivity index (χ2v) is 11.3. The summed E-state index contributed by atoms with van der Waals surface area (Å²) in [5.74, 6) is 2.03. The first-order chi connectivity index (χ1) is 18.5. The summed E-state index contributed by atoms with van der Waals surface area (Å²) >= 11 is 0. The van der Waals surface area contributed by atoms with Crippen molar-refractivity contribution in [1.82, 2.24) is 14.5 Å². The van der Waals surface area contributed by atoms with Gasteiger partial charge in [0.2, 0.25) is 11.8 Å². The fraction of sp³-hybridized carbons (Fsp3) is 0.400. The molecular formula is C30H33F3N4O2. The maximum Gasteiger partial charge on any atom is 0.573 e. The van der Waals surface area contributed by atoms with E-state index in [1.807, 2.05) is 18.2 Å². The van der Waals surface area contributed by atoms with Crippen molar-refractivity contribution in [1.29, 1.82) is 0 Å². The van der Waals surface area contributed by atoms with E-state index in [9.17, 15) is 13.2 Å². The average molecular weight is 539 g/mol. The van der Waals surface area contributed by atoms with Gasteiger partial charge in [0.1, 0.15) is 5.75 Å². The van der Waals surface area contributed by atoms with E-state index in [0.29, 0.717) is 29.4 Å². The fourth-order valence-corrected chi connectivity index (χ4v) is 6.10. The molecule has 2 heterocycles. The number of hydrogen-bond acceptors (Lipinski definition) is 5. The van der Waals surface area contributed by atoms with Crippen molar-refractivity contribution in [3.8, 4) is 22.8 Å². The number of ether oxygens (including phenoxy) is 2. The van der Waals surface area contributed by atoms with Crippen molar-refractivity contribution >= 4 is 22.7 Å².